The van der Waals surface area contributed by atoms with Crippen LogP contribution < -0.4 is 0 Å². The van der Waals surface area contributed by atoms with E-state index < -0.39 is 26.5 Å². The average molecular weight is 1180 g/mol. The maximum absolute atomic E-state index is 12.9. The molecule has 0 aromatic rings. The number of unbranched alkanes of at least 4 members (excludes halogenated alkanes) is 16. The van der Waals surface area contributed by atoms with Gasteiger partial charge in [-0.3, -0.25) is 18.6 Å². The Kier molecular flexibility index (Phi) is 59.4. The molecular weight excluding hydrogens is 1060 g/mol. The highest BCUT2D eigenvalue weighted by molar-refractivity contribution is 7.47. The number of quaternary nitrogens is 1. The lowest BCUT2D eigenvalue weighted by molar-refractivity contribution is -0.870. The number of nitrogens with zero attached hydrogens (tertiary/aromatic N) is 1. The van der Waals surface area contributed by atoms with Gasteiger partial charge >= 0.3 is 19.8 Å². The Bertz CT molecular complexity index is 2020. The lowest BCUT2D eigenvalue weighted by atomic mass is 10.0. The first-order chi connectivity index (χ1) is 41.0. The van der Waals surface area contributed by atoms with Crippen LogP contribution in [0.3, 0.4) is 0 Å². The van der Waals surface area contributed by atoms with E-state index in [1.54, 1.807) is 0 Å². The molecule has 9 nitrogen and oxygen atoms in total. The Labute approximate surface area is 515 Å². The molecule has 84 heavy (non-hydrogen) atoms. The van der Waals surface area contributed by atoms with Crippen LogP contribution in [0.2, 0.25) is 0 Å². The molecule has 1 N–H and O–H groups in total. The van der Waals surface area contributed by atoms with Crippen molar-refractivity contribution < 1.29 is 42.1 Å². The molecule has 0 fully saturated rings. The average Bonchev–Trinajstić information content (AvgIpc) is 3.61. The van der Waals surface area contributed by atoms with Gasteiger partial charge < -0.3 is 18.9 Å². The zero-order valence-electron chi connectivity index (χ0n) is 53.8. The number of ether oxygens (including phenoxy) is 2. The number of phosphoric acid groups is 1. The molecule has 0 aromatic heterocycles. The van der Waals surface area contributed by atoms with E-state index in [0.717, 1.165) is 141 Å². The SMILES string of the molecule is CC/C=C\C/C=C\C/C=C\C/C=C\C/C=C\C/C=C\C/C=C\C/C=C\CCCCCCC(=O)OC(COC(=O)CCCCCCCCCCCCCC/C=C\C/C=C\C/C=C\C/C=C\C/C=C\C/C=C\CC)COP(=O)(O)OCC[N+](C)(C)C. The second-order valence-electron chi connectivity index (χ2n) is 22.4. The maximum atomic E-state index is 12.9. The van der Waals surface area contributed by atoms with E-state index in [9.17, 15) is 19.0 Å². The van der Waals surface area contributed by atoms with Gasteiger partial charge in [-0.25, -0.2) is 4.57 Å². The van der Waals surface area contributed by atoms with E-state index >= 15 is 0 Å². The molecule has 474 valence electrons. The molecule has 0 rings (SSSR count). The quantitative estimate of drug-likeness (QED) is 0.0211. The predicted octanol–water partition coefficient (Wildman–Crippen LogP) is 21.4. The minimum Gasteiger partial charge on any atom is -0.462 e. The Morgan fingerprint density at radius 2 is 0.643 bits per heavy atom. The van der Waals surface area contributed by atoms with Crippen molar-refractivity contribution in [3.63, 3.8) is 0 Å². The van der Waals surface area contributed by atoms with Gasteiger partial charge in [0.15, 0.2) is 6.10 Å². The van der Waals surface area contributed by atoms with E-state index in [4.69, 9.17) is 18.5 Å². The fourth-order valence-electron chi connectivity index (χ4n) is 8.27. The van der Waals surface area contributed by atoms with Gasteiger partial charge in [0.1, 0.15) is 19.8 Å². The van der Waals surface area contributed by atoms with E-state index in [1.165, 1.54) is 57.8 Å². The first-order valence-corrected chi connectivity index (χ1v) is 34.4. The zero-order chi connectivity index (χ0) is 61.2. The lowest BCUT2D eigenvalue weighted by Gasteiger charge is -2.24. The highest BCUT2D eigenvalue weighted by Gasteiger charge is 2.27. The number of likely N-dealkylation sites (N-methyl/N-ethyl adjacent to an activating group) is 1. The van der Waals surface area contributed by atoms with Gasteiger partial charge in [0.2, 0.25) is 0 Å². The maximum Gasteiger partial charge on any atom is 0.472 e. The summed E-state index contributed by atoms with van der Waals surface area (Å²) in [5.74, 6) is -0.840. The Hall–Kier alpha value is -4.63. The zero-order valence-corrected chi connectivity index (χ0v) is 54.7. The van der Waals surface area contributed by atoms with Crippen LogP contribution in [0.25, 0.3) is 0 Å². The second kappa shape index (κ2) is 62.9. The van der Waals surface area contributed by atoms with Crippen molar-refractivity contribution in [1.29, 1.82) is 0 Å². The molecule has 0 aliphatic rings. The fourth-order valence-corrected chi connectivity index (χ4v) is 9.01. The van der Waals surface area contributed by atoms with E-state index in [-0.39, 0.29) is 32.0 Å². The first-order valence-electron chi connectivity index (χ1n) is 32.9. The Morgan fingerprint density at radius 3 is 0.952 bits per heavy atom. The summed E-state index contributed by atoms with van der Waals surface area (Å²) in [7, 11) is 1.43. The topological polar surface area (TPSA) is 108 Å². The van der Waals surface area contributed by atoms with Crippen LogP contribution in [-0.4, -0.2) is 74.9 Å². The molecule has 2 atom stereocenters. The number of phosphoric ester groups is 1. The summed E-state index contributed by atoms with van der Waals surface area (Å²) >= 11 is 0. The minimum atomic E-state index is -4.41. The Morgan fingerprint density at radius 1 is 0.369 bits per heavy atom. The molecular formula is C74H121NO8P+. The van der Waals surface area contributed by atoms with E-state index in [2.05, 4.69) is 184 Å². The summed E-state index contributed by atoms with van der Waals surface area (Å²) in [6.45, 7) is 4.15. The molecule has 0 heterocycles. The van der Waals surface area contributed by atoms with Gasteiger partial charge in [-0.1, -0.05) is 261 Å². The monoisotopic (exact) mass is 1180 g/mol. The van der Waals surface area contributed by atoms with Crippen LogP contribution in [0, 0.1) is 0 Å². The number of esters is 2. The van der Waals surface area contributed by atoms with Crippen LogP contribution in [-0.2, 0) is 32.7 Å². The largest absolute Gasteiger partial charge is 0.472 e. The van der Waals surface area contributed by atoms with Crippen molar-refractivity contribution in [1.82, 2.24) is 0 Å². The van der Waals surface area contributed by atoms with Crippen LogP contribution >= 0.6 is 7.82 Å². The number of carbonyl (C=O) groups excluding carboxylic acids is 2. The lowest BCUT2D eigenvalue weighted by Crippen LogP contribution is -2.37. The van der Waals surface area contributed by atoms with Gasteiger partial charge in [0.05, 0.1) is 27.7 Å². The molecule has 0 aromatic carbocycles. The van der Waals surface area contributed by atoms with Crippen molar-refractivity contribution in [2.75, 3.05) is 47.5 Å². The molecule has 2 unspecified atom stereocenters. The summed E-state index contributed by atoms with van der Waals surface area (Å²) in [5, 5.41) is 0. The van der Waals surface area contributed by atoms with Crippen molar-refractivity contribution >= 4 is 19.8 Å². The molecule has 0 bridgehead atoms. The molecule has 0 spiro atoms. The number of carbonyl (C=O) groups is 2. The normalized spacial score (nSPS) is 14.3. The predicted molar refractivity (Wildman–Crippen MR) is 362 cm³/mol. The molecule has 0 aliphatic heterocycles. The van der Waals surface area contributed by atoms with Crippen molar-refractivity contribution in [2.45, 2.75) is 238 Å². The van der Waals surface area contributed by atoms with Crippen molar-refractivity contribution in [3.8, 4) is 0 Å². The highest BCUT2D eigenvalue weighted by Crippen LogP contribution is 2.43. The summed E-state index contributed by atoms with van der Waals surface area (Å²) in [6, 6.07) is 0. The fraction of sp³-hybridized carbons (Fsp3) is 0.595. The number of rotatable bonds is 58. The molecule has 0 aliphatic carbocycles. The van der Waals surface area contributed by atoms with Gasteiger partial charge in [-0.2, -0.15) is 0 Å². The van der Waals surface area contributed by atoms with Crippen molar-refractivity contribution in [3.05, 3.63) is 170 Å². The minimum absolute atomic E-state index is 0.0165. The second-order valence-corrected chi connectivity index (χ2v) is 23.8. The third-order valence-electron chi connectivity index (χ3n) is 13.2. The first kappa shape index (κ1) is 79.4. The highest BCUT2D eigenvalue weighted by atomic mass is 31.2. The Balaban J connectivity index is 4.21. The van der Waals surface area contributed by atoms with Crippen molar-refractivity contribution in [2.24, 2.45) is 0 Å². The van der Waals surface area contributed by atoms with Gasteiger partial charge in [-0.05, 0) is 128 Å². The molecule has 0 amide bonds. The molecule has 0 saturated carbocycles. The summed E-state index contributed by atoms with van der Waals surface area (Å²) in [4.78, 5) is 35.8. The van der Waals surface area contributed by atoms with Crippen LogP contribution in [0.1, 0.15) is 232 Å². The summed E-state index contributed by atoms with van der Waals surface area (Å²) < 4.78 is 34.6. The van der Waals surface area contributed by atoms with Crippen LogP contribution in [0.15, 0.2) is 170 Å². The number of hydrogen-bond donors (Lipinski definition) is 1. The van der Waals surface area contributed by atoms with Gasteiger partial charge in [-0.15, -0.1) is 0 Å². The van der Waals surface area contributed by atoms with Gasteiger partial charge in [0.25, 0.3) is 0 Å². The molecule has 0 radical (unpaired) electrons. The summed E-state index contributed by atoms with van der Waals surface area (Å²) in [5.41, 5.74) is 0. The van der Waals surface area contributed by atoms with Crippen LogP contribution in [0.4, 0.5) is 0 Å². The number of allylic oxidation sites excluding steroid dienone is 28. The van der Waals surface area contributed by atoms with E-state index in [1.807, 2.05) is 21.1 Å². The van der Waals surface area contributed by atoms with Gasteiger partial charge in [0, 0.05) is 12.8 Å². The van der Waals surface area contributed by atoms with Crippen LogP contribution in [0.5, 0.6) is 0 Å². The smallest absolute Gasteiger partial charge is 0.462 e. The number of hydrogen-bond acceptors (Lipinski definition) is 7. The standard InChI is InChI=1S/C74H120NO8P/c1-6-8-10-12-14-16-18-20-22-24-26-28-30-32-34-36-37-39-40-42-44-46-48-50-52-54-56-58-60-62-64-66-73(76)80-70-72(71-82-84(78,79)81-69-68-75(3,4)5)83-74(77)67-65-63-61-59-57-55-53-51-49-47-45-43-41-38-35-33-31-29-27-25-23-21-19-17-15-13-11-9-7-2/h8-11,14-17,20-23,26-29,32-35,37,39,41,43,47,49,53,55,72H,6-7,12-13,18-19,24-25,30-31,36,38,40,42,44-46,48,50-52,54,56-71H2,1-5H3/p+1/b10-8-,11-9-,16-14-,17-15-,22-20-,23-21-,28-26-,29-27-,34-32-,35-33-,39-37-,43-41-,49-47-,55-53-. The third-order valence-corrected chi connectivity index (χ3v) is 14.2. The molecule has 10 heteroatoms. The van der Waals surface area contributed by atoms with E-state index in [0.29, 0.717) is 17.4 Å². The molecule has 0 saturated heterocycles. The third kappa shape index (κ3) is 66.5. The summed E-state index contributed by atoms with van der Waals surface area (Å²) in [6.07, 6.45) is 95.8.